The molecule has 0 spiro atoms. The SMILES string of the molecule is O=C1[C@H](OC[C@H](O)c2ccc(F)cc2)[C@@H](c2ccc(-c3ccc(S(=O)(=O)[O-])cc3)cc2O)N1c1ccccc1. The largest absolute Gasteiger partial charge is 0.744 e. The molecule has 0 aliphatic carbocycles. The number of phenolic OH excluding ortho intramolecular Hbond substituents is 1. The van der Waals surface area contributed by atoms with Gasteiger partial charge in [-0.05, 0) is 59.2 Å². The molecule has 4 aromatic carbocycles. The van der Waals surface area contributed by atoms with Crippen molar-refractivity contribution in [3.05, 3.63) is 114 Å². The summed E-state index contributed by atoms with van der Waals surface area (Å²) in [5, 5.41) is 21.5. The average Bonchev–Trinajstić information content (AvgIpc) is 2.92. The molecule has 1 saturated heterocycles. The van der Waals surface area contributed by atoms with Gasteiger partial charge in [0, 0.05) is 11.3 Å². The first-order valence-electron chi connectivity index (χ1n) is 12.0. The number of anilines is 1. The maximum atomic E-state index is 13.2. The van der Waals surface area contributed by atoms with Gasteiger partial charge in [-0.3, -0.25) is 9.69 Å². The van der Waals surface area contributed by atoms with Gasteiger partial charge in [0.1, 0.15) is 33.8 Å². The number of para-hydroxylation sites is 1. The van der Waals surface area contributed by atoms with Crippen molar-refractivity contribution in [2.24, 2.45) is 0 Å². The number of halogens is 1. The van der Waals surface area contributed by atoms with E-state index in [4.69, 9.17) is 4.74 Å². The first-order valence-corrected chi connectivity index (χ1v) is 13.4. The molecular formula is C29H23FNO7S-. The average molecular weight is 549 g/mol. The number of amides is 1. The highest BCUT2D eigenvalue weighted by molar-refractivity contribution is 7.85. The van der Waals surface area contributed by atoms with Crippen LogP contribution in [0, 0.1) is 5.82 Å². The zero-order valence-electron chi connectivity index (χ0n) is 20.3. The molecule has 4 aromatic rings. The zero-order chi connectivity index (χ0) is 27.7. The summed E-state index contributed by atoms with van der Waals surface area (Å²) in [6, 6.07) is 23.6. The van der Waals surface area contributed by atoms with E-state index >= 15 is 0 Å². The minimum Gasteiger partial charge on any atom is -0.744 e. The van der Waals surface area contributed by atoms with Crippen LogP contribution in [0.15, 0.2) is 102 Å². The van der Waals surface area contributed by atoms with Crippen molar-refractivity contribution in [2.45, 2.75) is 23.1 Å². The van der Waals surface area contributed by atoms with Crippen molar-refractivity contribution in [2.75, 3.05) is 11.5 Å². The number of aliphatic hydroxyl groups excluding tert-OH is 1. The number of carbonyl (C=O) groups is 1. The highest BCUT2D eigenvalue weighted by atomic mass is 32.2. The summed E-state index contributed by atoms with van der Waals surface area (Å²) in [6.07, 6.45) is -2.10. The van der Waals surface area contributed by atoms with Crippen molar-refractivity contribution < 1.29 is 37.1 Å². The maximum Gasteiger partial charge on any atom is 0.259 e. The van der Waals surface area contributed by atoms with E-state index in [0.717, 1.165) is 0 Å². The molecule has 0 saturated carbocycles. The third kappa shape index (κ3) is 5.41. The van der Waals surface area contributed by atoms with Crippen molar-refractivity contribution >= 4 is 21.7 Å². The topological polar surface area (TPSA) is 127 Å². The number of rotatable bonds is 8. The number of hydrogen-bond donors (Lipinski definition) is 2. The van der Waals surface area contributed by atoms with Crippen LogP contribution in [0.3, 0.4) is 0 Å². The first kappa shape index (κ1) is 26.5. The van der Waals surface area contributed by atoms with E-state index in [0.29, 0.717) is 27.9 Å². The lowest BCUT2D eigenvalue weighted by Gasteiger charge is -2.47. The van der Waals surface area contributed by atoms with Gasteiger partial charge >= 0.3 is 0 Å². The fraction of sp³-hybridized carbons (Fsp3) is 0.138. The Hall–Kier alpha value is -4.09. The zero-order valence-corrected chi connectivity index (χ0v) is 21.2. The third-order valence-electron chi connectivity index (χ3n) is 6.59. The molecule has 0 unspecified atom stereocenters. The van der Waals surface area contributed by atoms with Crippen LogP contribution in [-0.4, -0.2) is 41.8 Å². The number of aliphatic hydroxyl groups is 1. The number of β-lactam (4-membered cyclic amide) rings is 1. The van der Waals surface area contributed by atoms with Crippen molar-refractivity contribution in [1.82, 2.24) is 0 Å². The number of phenols is 1. The molecular weight excluding hydrogens is 525 g/mol. The van der Waals surface area contributed by atoms with Gasteiger partial charge in [0.2, 0.25) is 0 Å². The number of aromatic hydroxyl groups is 1. The molecule has 1 amide bonds. The third-order valence-corrected chi connectivity index (χ3v) is 7.44. The van der Waals surface area contributed by atoms with Crippen LogP contribution in [0.4, 0.5) is 10.1 Å². The maximum absolute atomic E-state index is 13.2. The summed E-state index contributed by atoms with van der Waals surface area (Å²) in [7, 11) is -4.58. The van der Waals surface area contributed by atoms with E-state index in [-0.39, 0.29) is 23.2 Å². The summed E-state index contributed by atoms with van der Waals surface area (Å²) in [5.41, 5.74) is 2.57. The van der Waals surface area contributed by atoms with Gasteiger partial charge in [-0.2, -0.15) is 0 Å². The molecule has 8 nitrogen and oxygen atoms in total. The van der Waals surface area contributed by atoms with Crippen LogP contribution in [0.5, 0.6) is 5.75 Å². The van der Waals surface area contributed by atoms with E-state index in [2.05, 4.69) is 0 Å². The molecule has 1 aliphatic heterocycles. The molecule has 0 radical (unpaired) electrons. The Morgan fingerprint density at radius 1 is 0.923 bits per heavy atom. The summed E-state index contributed by atoms with van der Waals surface area (Å²) in [6.45, 7) is -0.227. The van der Waals surface area contributed by atoms with Crippen LogP contribution in [0.1, 0.15) is 23.3 Å². The molecule has 1 aliphatic rings. The summed E-state index contributed by atoms with van der Waals surface area (Å²) in [4.78, 5) is 14.3. The van der Waals surface area contributed by atoms with Crippen LogP contribution in [0.25, 0.3) is 11.1 Å². The highest BCUT2D eigenvalue weighted by Crippen LogP contribution is 2.45. The lowest BCUT2D eigenvalue weighted by Crippen LogP contribution is -2.60. The quantitative estimate of drug-likeness (QED) is 0.248. The van der Waals surface area contributed by atoms with Crippen LogP contribution in [-0.2, 0) is 19.6 Å². The van der Waals surface area contributed by atoms with Crippen LogP contribution < -0.4 is 4.90 Å². The molecule has 3 atom stereocenters. The molecule has 1 heterocycles. The Bertz CT molecular complexity index is 1590. The van der Waals surface area contributed by atoms with Gasteiger partial charge in [0.05, 0.1) is 11.5 Å². The van der Waals surface area contributed by atoms with Gasteiger partial charge in [0.25, 0.3) is 5.91 Å². The lowest BCUT2D eigenvalue weighted by molar-refractivity contribution is -0.145. The predicted molar refractivity (Wildman–Crippen MR) is 139 cm³/mol. The van der Waals surface area contributed by atoms with E-state index in [1.807, 2.05) is 6.07 Å². The van der Waals surface area contributed by atoms with Crippen molar-refractivity contribution in [3.63, 3.8) is 0 Å². The van der Waals surface area contributed by atoms with E-state index in [1.54, 1.807) is 36.4 Å². The Kier molecular flexibility index (Phi) is 7.19. The smallest absolute Gasteiger partial charge is 0.259 e. The molecule has 1 fully saturated rings. The second-order valence-electron chi connectivity index (χ2n) is 9.06. The van der Waals surface area contributed by atoms with Crippen molar-refractivity contribution in [1.29, 1.82) is 0 Å². The van der Waals surface area contributed by atoms with Gasteiger partial charge < -0.3 is 19.5 Å². The molecule has 0 aromatic heterocycles. The fourth-order valence-electron chi connectivity index (χ4n) is 4.57. The number of ether oxygens (including phenoxy) is 1. The fourth-order valence-corrected chi connectivity index (χ4v) is 5.04. The monoisotopic (exact) mass is 548 g/mol. The summed E-state index contributed by atoms with van der Waals surface area (Å²) < 4.78 is 52.7. The van der Waals surface area contributed by atoms with E-state index in [1.165, 1.54) is 59.5 Å². The van der Waals surface area contributed by atoms with Gasteiger partial charge in [-0.25, -0.2) is 12.8 Å². The van der Waals surface area contributed by atoms with Gasteiger partial charge in [-0.15, -0.1) is 0 Å². The molecule has 2 N–H and O–H groups in total. The molecule has 39 heavy (non-hydrogen) atoms. The highest BCUT2D eigenvalue weighted by Gasteiger charge is 2.51. The van der Waals surface area contributed by atoms with Crippen LogP contribution in [0.2, 0.25) is 0 Å². The second kappa shape index (κ2) is 10.6. The van der Waals surface area contributed by atoms with Gasteiger partial charge in [-0.1, -0.05) is 54.6 Å². The number of benzene rings is 4. The Morgan fingerprint density at radius 3 is 2.18 bits per heavy atom. The Labute approximate surface area is 224 Å². The molecule has 5 rings (SSSR count). The summed E-state index contributed by atoms with van der Waals surface area (Å²) in [5.74, 6) is -0.917. The Morgan fingerprint density at radius 2 is 1.56 bits per heavy atom. The number of nitrogens with zero attached hydrogens (tertiary/aromatic N) is 1. The predicted octanol–water partition coefficient (Wildman–Crippen LogP) is 4.31. The number of hydrogen-bond acceptors (Lipinski definition) is 7. The van der Waals surface area contributed by atoms with Gasteiger partial charge in [0.15, 0.2) is 6.10 Å². The molecule has 0 bridgehead atoms. The normalized spacial score (nSPS) is 18.0. The standard InChI is InChI=1S/C29H24FNO7S/c30-21-11-6-19(7-12-21)26(33)17-38-28-27(31(29(28)34)22-4-2-1-3-5-22)24-15-10-20(16-25(24)32)18-8-13-23(14-9-18)39(35,36)37/h1-16,26-28,32-33H,17H2,(H,35,36,37)/p-1/t26-,27+,28+/m0/s1. The van der Waals surface area contributed by atoms with Crippen LogP contribution >= 0.6 is 0 Å². The Balaban J connectivity index is 1.42. The minimum absolute atomic E-state index is 0.126. The second-order valence-corrected chi connectivity index (χ2v) is 10.4. The lowest BCUT2D eigenvalue weighted by atomic mass is 9.88. The minimum atomic E-state index is -4.58. The molecule has 200 valence electrons. The first-order chi connectivity index (χ1) is 18.6. The van der Waals surface area contributed by atoms with E-state index < -0.39 is 34.2 Å². The summed E-state index contributed by atoms with van der Waals surface area (Å²) >= 11 is 0. The van der Waals surface area contributed by atoms with E-state index in [9.17, 15) is 32.4 Å². The molecule has 10 heteroatoms. The number of carbonyl (C=O) groups excluding carboxylic acids is 1. The van der Waals surface area contributed by atoms with Crippen molar-refractivity contribution in [3.8, 4) is 16.9 Å².